The standard InChI is InChI=1S/C17H19NS/c1-2-16-17(18)15-10-13(8-9-14(15)11-19-16)12-6-4-3-5-7-12/h3-10,16-17H,2,11,18H2,1H3. The first-order chi connectivity index (χ1) is 9.29. The van der Waals surface area contributed by atoms with Crippen LogP contribution in [0.5, 0.6) is 0 Å². The first-order valence-electron chi connectivity index (χ1n) is 6.85. The van der Waals surface area contributed by atoms with Gasteiger partial charge in [-0.2, -0.15) is 11.8 Å². The molecule has 2 unspecified atom stereocenters. The Bertz CT molecular complexity index is 565. The van der Waals surface area contributed by atoms with Gasteiger partial charge in [0.15, 0.2) is 0 Å². The van der Waals surface area contributed by atoms with Crippen LogP contribution in [0.25, 0.3) is 11.1 Å². The van der Waals surface area contributed by atoms with Crippen LogP contribution >= 0.6 is 11.8 Å². The minimum absolute atomic E-state index is 0.169. The second-order valence-electron chi connectivity index (χ2n) is 5.06. The molecule has 19 heavy (non-hydrogen) atoms. The van der Waals surface area contributed by atoms with Crippen molar-refractivity contribution >= 4 is 11.8 Å². The SMILES string of the molecule is CCC1SCc2ccc(-c3ccccc3)cc2C1N. The van der Waals surface area contributed by atoms with Crippen molar-refractivity contribution < 1.29 is 0 Å². The Kier molecular flexibility index (Phi) is 3.63. The topological polar surface area (TPSA) is 26.0 Å². The van der Waals surface area contributed by atoms with Gasteiger partial charge in [0.1, 0.15) is 0 Å². The van der Waals surface area contributed by atoms with E-state index < -0.39 is 0 Å². The third-order valence-corrected chi connectivity index (χ3v) is 5.40. The number of fused-ring (bicyclic) bond motifs is 1. The van der Waals surface area contributed by atoms with Gasteiger partial charge in [-0.25, -0.2) is 0 Å². The summed E-state index contributed by atoms with van der Waals surface area (Å²) in [7, 11) is 0. The van der Waals surface area contributed by atoms with E-state index in [0.29, 0.717) is 5.25 Å². The highest BCUT2D eigenvalue weighted by atomic mass is 32.2. The zero-order chi connectivity index (χ0) is 13.2. The van der Waals surface area contributed by atoms with Gasteiger partial charge in [0, 0.05) is 17.0 Å². The minimum Gasteiger partial charge on any atom is -0.323 e. The predicted octanol–water partition coefficient (Wildman–Crippen LogP) is 4.38. The average molecular weight is 269 g/mol. The molecule has 0 radical (unpaired) electrons. The van der Waals surface area contributed by atoms with Crippen LogP contribution in [0, 0.1) is 0 Å². The van der Waals surface area contributed by atoms with Crippen molar-refractivity contribution in [2.24, 2.45) is 5.73 Å². The molecule has 0 saturated carbocycles. The Hall–Kier alpha value is -1.25. The van der Waals surface area contributed by atoms with Gasteiger partial charge >= 0.3 is 0 Å². The van der Waals surface area contributed by atoms with Crippen molar-refractivity contribution in [3.63, 3.8) is 0 Å². The maximum Gasteiger partial charge on any atom is 0.0418 e. The van der Waals surface area contributed by atoms with Gasteiger partial charge in [-0.15, -0.1) is 0 Å². The molecule has 3 rings (SSSR count). The molecule has 1 aliphatic rings. The molecule has 0 spiro atoms. The highest BCUT2D eigenvalue weighted by Gasteiger charge is 2.26. The normalized spacial score (nSPS) is 22.0. The zero-order valence-corrected chi connectivity index (χ0v) is 12.0. The molecule has 1 nitrogen and oxygen atoms in total. The molecule has 0 amide bonds. The van der Waals surface area contributed by atoms with Gasteiger partial charge in [-0.1, -0.05) is 49.4 Å². The quantitative estimate of drug-likeness (QED) is 0.875. The summed E-state index contributed by atoms with van der Waals surface area (Å²) in [5, 5.41) is 0.554. The molecule has 2 N–H and O–H groups in total. The van der Waals surface area contributed by atoms with Crippen molar-refractivity contribution in [3.05, 3.63) is 59.7 Å². The average Bonchev–Trinajstić information content (AvgIpc) is 2.48. The Labute approximate surface area is 119 Å². The summed E-state index contributed by atoms with van der Waals surface area (Å²) in [5.74, 6) is 1.09. The van der Waals surface area contributed by atoms with Crippen LogP contribution in [0.3, 0.4) is 0 Å². The fourth-order valence-electron chi connectivity index (χ4n) is 2.72. The summed E-state index contributed by atoms with van der Waals surface area (Å²) < 4.78 is 0. The van der Waals surface area contributed by atoms with E-state index in [-0.39, 0.29) is 6.04 Å². The van der Waals surface area contributed by atoms with Crippen LogP contribution in [0.4, 0.5) is 0 Å². The largest absolute Gasteiger partial charge is 0.323 e. The zero-order valence-electron chi connectivity index (χ0n) is 11.2. The van der Waals surface area contributed by atoms with E-state index in [1.54, 1.807) is 0 Å². The predicted molar refractivity (Wildman–Crippen MR) is 84.2 cm³/mol. The van der Waals surface area contributed by atoms with Gasteiger partial charge in [-0.3, -0.25) is 0 Å². The summed E-state index contributed by atoms with van der Waals surface area (Å²) in [6.07, 6.45) is 1.14. The van der Waals surface area contributed by atoms with Crippen LogP contribution < -0.4 is 5.73 Å². The van der Waals surface area contributed by atoms with Crippen molar-refractivity contribution in [2.45, 2.75) is 30.4 Å². The summed E-state index contributed by atoms with van der Waals surface area (Å²) >= 11 is 1.99. The summed E-state index contributed by atoms with van der Waals surface area (Å²) in [5.41, 5.74) is 11.7. The molecular weight excluding hydrogens is 250 g/mol. The smallest absolute Gasteiger partial charge is 0.0418 e. The Balaban J connectivity index is 2.01. The van der Waals surface area contributed by atoms with E-state index in [1.807, 2.05) is 11.8 Å². The molecule has 2 atom stereocenters. The molecular formula is C17H19NS. The van der Waals surface area contributed by atoms with Crippen LogP contribution in [0.15, 0.2) is 48.5 Å². The Morgan fingerprint density at radius 1 is 1.11 bits per heavy atom. The van der Waals surface area contributed by atoms with E-state index in [1.165, 1.54) is 22.3 Å². The van der Waals surface area contributed by atoms with Crippen molar-refractivity contribution in [3.8, 4) is 11.1 Å². The number of nitrogens with two attached hydrogens (primary N) is 1. The lowest BCUT2D eigenvalue weighted by atomic mass is 9.93. The molecule has 1 heterocycles. The number of hydrogen-bond acceptors (Lipinski definition) is 2. The molecule has 2 aromatic rings. The highest BCUT2D eigenvalue weighted by Crippen LogP contribution is 2.39. The summed E-state index contributed by atoms with van der Waals surface area (Å²) in [6, 6.07) is 17.4. The molecule has 2 heteroatoms. The first kappa shape index (κ1) is 12.8. The van der Waals surface area contributed by atoms with E-state index >= 15 is 0 Å². The monoisotopic (exact) mass is 269 g/mol. The maximum atomic E-state index is 6.43. The number of thioether (sulfide) groups is 1. The lowest BCUT2D eigenvalue weighted by Crippen LogP contribution is -2.27. The lowest BCUT2D eigenvalue weighted by molar-refractivity contribution is 0.643. The second-order valence-corrected chi connectivity index (χ2v) is 6.29. The summed E-state index contributed by atoms with van der Waals surface area (Å²) in [6.45, 7) is 2.23. The van der Waals surface area contributed by atoms with Crippen molar-refractivity contribution in [1.82, 2.24) is 0 Å². The van der Waals surface area contributed by atoms with Gasteiger partial charge in [0.25, 0.3) is 0 Å². The third kappa shape index (κ3) is 2.43. The fourth-order valence-corrected chi connectivity index (χ4v) is 3.97. The Morgan fingerprint density at radius 3 is 2.63 bits per heavy atom. The molecule has 0 saturated heterocycles. The van der Waals surface area contributed by atoms with Gasteiger partial charge < -0.3 is 5.73 Å². The molecule has 98 valence electrons. The van der Waals surface area contributed by atoms with Gasteiger partial charge in [0.05, 0.1) is 0 Å². The second kappa shape index (κ2) is 5.40. The molecule has 0 bridgehead atoms. The van der Waals surface area contributed by atoms with Crippen LogP contribution in [-0.4, -0.2) is 5.25 Å². The molecule has 0 aromatic heterocycles. The van der Waals surface area contributed by atoms with Crippen molar-refractivity contribution in [1.29, 1.82) is 0 Å². The molecule has 0 fully saturated rings. The van der Waals surface area contributed by atoms with Crippen molar-refractivity contribution in [2.75, 3.05) is 0 Å². The number of hydrogen-bond donors (Lipinski definition) is 1. The maximum absolute atomic E-state index is 6.43. The van der Waals surface area contributed by atoms with E-state index in [2.05, 4.69) is 55.5 Å². The first-order valence-corrected chi connectivity index (χ1v) is 7.90. The van der Waals surface area contributed by atoms with Gasteiger partial charge in [-0.05, 0) is 34.7 Å². The molecule has 2 aromatic carbocycles. The van der Waals surface area contributed by atoms with Crippen LogP contribution in [0.1, 0.15) is 30.5 Å². The third-order valence-electron chi connectivity index (χ3n) is 3.87. The van der Waals surface area contributed by atoms with E-state index in [4.69, 9.17) is 5.73 Å². The Morgan fingerprint density at radius 2 is 1.89 bits per heavy atom. The van der Waals surface area contributed by atoms with Crippen LogP contribution in [0.2, 0.25) is 0 Å². The van der Waals surface area contributed by atoms with E-state index in [0.717, 1.165) is 12.2 Å². The molecule has 0 aliphatic carbocycles. The molecule has 1 aliphatic heterocycles. The van der Waals surface area contributed by atoms with Crippen LogP contribution in [-0.2, 0) is 5.75 Å². The summed E-state index contributed by atoms with van der Waals surface area (Å²) in [4.78, 5) is 0. The minimum atomic E-state index is 0.169. The number of rotatable bonds is 2. The van der Waals surface area contributed by atoms with Gasteiger partial charge in [0.2, 0.25) is 0 Å². The number of benzene rings is 2. The fraction of sp³-hybridized carbons (Fsp3) is 0.294. The highest BCUT2D eigenvalue weighted by molar-refractivity contribution is 7.99. The van der Waals surface area contributed by atoms with E-state index in [9.17, 15) is 0 Å². The lowest BCUT2D eigenvalue weighted by Gasteiger charge is -2.30.